The smallest absolute Gasteiger partial charge is 0.234 e. The molecule has 1 saturated carbocycles. The molecule has 2 fully saturated rings. The first-order valence-corrected chi connectivity index (χ1v) is 9.46. The number of carbonyl (C=O) groups excluding carboxylic acids is 1. The molecular formula is C20H29FN2O. The van der Waals surface area contributed by atoms with Crippen LogP contribution in [0.4, 0.5) is 4.39 Å². The van der Waals surface area contributed by atoms with Crippen molar-refractivity contribution in [1.29, 1.82) is 0 Å². The molecule has 0 aromatic heterocycles. The highest BCUT2D eigenvalue weighted by Gasteiger charge is 2.26. The van der Waals surface area contributed by atoms with E-state index >= 15 is 0 Å². The minimum atomic E-state index is -0.178. The molecule has 1 N–H and O–H groups in total. The summed E-state index contributed by atoms with van der Waals surface area (Å²) in [7, 11) is 0. The molecule has 1 aliphatic carbocycles. The van der Waals surface area contributed by atoms with E-state index in [0.29, 0.717) is 18.5 Å². The number of amides is 1. The molecule has 0 bridgehead atoms. The van der Waals surface area contributed by atoms with E-state index < -0.39 is 0 Å². The Balaban J connectivity index is 1.45. The molecule has 2 aliphatic rings. The summed E-state index contributed by atoms with van der Waals surface area (Å²) in [6, 6.07) is 7.19. The topological polar surface area (TPSA) is 32.3 Å². The Bertz CT molecular complexity index is 542. The molecule has 1 atom stereocenters. The first kappa shape index (κ1) is 17.4. The number of nitrogens with one attached hydrogen (secondary N) is 1. The Morgan fingerprint density at radius 1 is 1.17 bits per heavy atom. The number of nitrogens with zero attached hydrogens (tertiary/aromatic N) is 1. The second-order valence-corrected chi connectivity index (χ2v) is 7.41. The van der Waals surface area contributed by atoms with Gasteiger partial charge >= 0.3 is 0 Å². The van der Waals surface area contributed by atoms with Gasteiger partial charge < -0.3 is 5.32 Å². The van der Waals surface area contributed by atoms with Crippen molar-refractivity contribution in [3.8, 4) is 0 Å². The number of hydrogen-bond acceptors (Lipinski definition) is 2. The van der Waals surface area contributed by atoms with Gasteiger partial charge in [0.2, 0.25) is 5.91 Å². The molecule has 1 aromatic carbocycles. The molecule has 1 aliphatic heterocycles. The van der Waals surface area contributed by atoms with Gasteiger partial charge in [-0.2, -0.15) is 0 Å². The molecule has 0 radical (unpaired) electrons. The van der Waals surface area contributed by atoms with E-state index in [1.54, 1.807) is 12.1 Å². The quantitative estimate of drug-likeness (QED) is 0.864. The second kappa shape index (κ2) is 8.61. The molecule has 132 valence electrons. The molecule has 1 saturated heterocycles. The first-order chi connectivity index (χ1) is 11.7. The van der Waals surface area contributed by atoms with Crippen LogP contribution in [0.15, 0.2) is 24.3 Å². The maximum atomic E-state index is 13.3. The van der Waals surface area contributed by atoms with Crippen LogP contribution in [0.2, 0.25) is 0 Å². The SMILES string of the molecule is O=C(CN1CCCC1Cc1cccc(F)c1)NCC1CCCCC1. The third-order valence-corrected chi connectivity index (χ3v) is 5.52. The lowest BCUT2D eigenvalue weighted by Crippen LogP contribution is -2.42. The fraction of sp³-hybridized carbons (Fsp3) is 0.650. The van der Waals surface area contributed by atoms with Gasteiger partial charge in [-0.3, -0.25) is 9.69 Å². The fourth-order valence-electron chi connectivity index (χ4n) is 4.16. The van der Waals surface area contributed by atoms with Crippen molar-refractivity contribution in [3.63, 3.8) is 0 Å². The van der Waals surface area contributed by atoms with Gasteiger partial charge in [0.25, 0.3) is 0 Å². The Hall–Kier alpha value is -1.42. The zero-order valence-corrected chi connectivity index (χ0v) is 14.5. The number of halogens is 1. The van der Waals surface area contributed by atoms with Crippen LogP contribution in [0, 0.1) is 11.7 Å². The lowest BCUT2D eigenvalue weighted by atomic mass is 9.89. The zero-order valence-electron chi connectivity index (χ0n) is 14.5. The van der Waals surface area contributed by atoms with Crippen LogP contribution in [0.1, 0.15) is 50.5 Å². The van der Waals surface area contributed by atoms with E-state index in [2.05, 4.69) is 10.2 Å². The third-order valence-electron chi connectivity index (χ3n) is 5.52. The monoisotopic (exact) mass is 332 g/mol. The van der Waals surface area contributed by atoms with Crippen molar-refractivity contribution in [3.05, 3.63) is 35.6 Å². The van der Waals surface area contributed by atoms with Crippen LogP contribution in [-0.2, 0) is 11.2 Å². The molecule has 4 heteroatoms. The maximum Gasteiger partial charge on any atom is 0.234 e. The lowest BCUT2D eigenvalue weighted by molar-refractivity contribution is -0.122. The predicted octanol–water partition coefficient (Wildman–Crippen LogP) is 3.53. The average Bonchev–Trinajstić information content (AvgIpc) is 3.01. The first-order valence-electron chi connectivity index (χ1n) is 9.46. The van der Waals surface area contributed by atoms with Crippen LogP contribution >= 0.6 is 0 Å². The molecule has 1 aromatic rings. The Kier molecular flexibility index (Phi) is 6.24. The van der Waals surface area contributed by atoms with Crippen molar-refractivity contribution in [2.24, 2.45) is 5.92 Å². The van der Waals surface area contributed by atoms with E-state index in [1.165, 1.54) is 38.2 Å². The van der Waals surface area contributed by atoms with E-state index in [1.807, 2.05) is 6.07 Å². The van der Waals surface area contributed by atoms with E-state index in [-0.39, 0.29) is 11.7 Å². The number of benzene rings is 1. The highest BCUT2D eigenvalue weighted by molar-refractivity contribution is 5.78. The zero-order chi connectivity index (χ0) is 16.8. The van der Waals surface area contributed by atoms with Crippen molar-refractivity contribution < 1.29 is 9.18 Å². The summed E-state index contributed by atoms with van der Waals surface area (Å²) < 4.78 is 13.3. The summed E-state index contributed by atoms with van der Waals surface area (Å²) >= 11 is 0. The highest BCUT2D eigenvalue weighted by Crippen LogP contribution is 2.23. The Morgan fingerprint density at radius 2 is 2.00 bits per heavy atom. The van der Waals surface area contributed by atoms with Gasteiger partial charge in [0.05, 0.1) is 6.54 Å². The summed E-state index contributed by atoms with van der Waals surface area (Å²) in [5.41, 5.74) is 1.02. The van der Waals surface area contributed by atoms with E-state index in [4.69, 9.17) is 0 Å². The molecular weight excluding hydrogens is 303 g/mol. The lowest BCUT2D eigenvalue weighted by Gasteiger charge is -2.25. The van der Waals surface area contributed by atoms with Gasteiger partial charge in [-0.25, -0.2) is 4.39 Å². The van der Waals surface area contributed by atoms with Crippen LogP contribution in [-0.4, -0.2) is 36.5 Å². The van der Waals surface area contributed by atoms with E-state index in [9.17, 15) is 9.18 Å². The number of likely N-dealkylation sites (tertiary alicyclic amines) is 1. The molecule has 1 unspecified atom stereocenters. The van der Waals surface area contributed by atoms with Gasteiger partial charge in [-0.05, 0) is 62.3 Å². The summed E-state index contributed by atoms with van der Waals surface area (Å²) in [6.07, 6.45) is 9.51. The van der Waals surface area contributed by atoms with Crippen molar-refractivity contribution in [2.45, 2.75) is 57.4 Å². The molecule has 1 amide bonds. The van der Waals surface area contributed by atoms with Crippen LogP contribution < -0.4 is 5.32 Å². The fourth-order valence-corrected chi connectivity index (χ4v) is 4.16. The maximum absolute atomic E-state index is 13.3. The number of rotatable bonds is 6. The van der Waals surface area contributed by atoms with Crippen LogP contribution in [0.25, 0.3) is 0 Å². The van der Waals surface area contributed by atoms with Gasteiger partial charge in [-0.15, -0.1) is 0 Å². The summed E-state index contributed by atoms with van der Waals surface area (Å²) in [5.74, 6) is 0.637. The molecule has 1 heterocycles. The average molecular weight is 332 g/mol. The minimum absolute atomic E-state index is 0.145. The summed E-state index contributed by atoms with van der Waals surface area (Å²) in [6.45, 7) is 2.28. The minimum Gasteiger partial charge on any atom is -0.355 e. The van der Waals surface area contributed by atoms with Gasteiger partial charge in [0.15, 0.2) is 0 Å². The van der Waals surface area contributed by atoms with Crippen molar-refractivity contribution in [2.75, 3.05) is 19.6 Å². The molecule has 3 nitrogen and oxygen atoms in total. The van der Waals surface area contributed by atoms with Gasteiger partial charge in [-0.1, -0.05) is 31.4 Å². The Labute approximate surface area is 144 Å². The predicted molar refractivity (Wildman–Crippen MR) is 94.3 cm³/mol. The van der Waals surface area contributed by atoms with Crippen molar-refractivity contribution in [1.82, 2.24) is 10.2 Å². The van der Waals surface area contributed by atoms with Crippen LogP contribution in [0.5, 0.6) is 0 Å². The normalized spacial score (nSPS) is 22.6. The second-order valence-electron chi connectivity index (χ2n) is 7.41. The van der Waals surface area contributed by atoms with Gasteiger partial charge in [0, 0.05) is 12.6 Å². The van der Waals surface area contributed by atoms with E-state index in [0.717, 1.165) is 37.9 Å². The standard InChI is InChI=1S/C20H29FN2O/c21-18-9-4-8-17(12-18)13-19-10-5-11-23(19)15-20(24)22-14-16-6-2-1-3-7-16/h4,8-9,12,16,19H,1-3,5-7,10-11,13-15H2,(H,22,24). The summed E-state index contributed by atoms with van der Waals surface area (Å²) in [5, 5.41) is 3.13. The largest absolute Gasteiger partial charge is 0.355 e. The highest BCUT2D eigenvalue weighted by atomic mass is 19.1. The molecule has 3 rings (SSSR count). The molecule has 0 spiro atoms. The van der Waals surface area contributed by atoms with Crippen molar-refractivity contribution >= 4 is 5.91 Å². The van der Waals surface area contributed by atoms with Gasteiger partial charge in [0.1, 0.15) is 5.82 Å². The molecule has 24 heavy (non-hydrogen) atoms. The summed E-state index contributed by atoms with van der Waals surface area (Å²) in [4.78, 5) is 14.5. The number of carbonyl (C=O) groups is 1. The van der Waals surface area contributed by atoms with Crippen LogP contribution in [0.3, 0.4) is 0 Å². The number of hydrogen-bond donors (Lipinski definition) is 1. The Morgan fingerprint density at radius 3 is 2.79 bits per heavy atom. The third kappa shape index (κ3) is 5.04.